The molecule has 0 spiro atoms. The highest BCUT2D eigenvalue weighted by Gasteiger charge is 2.05. The summed E-state index contributed by atoms with van der Waals surface area (Å²) >= 11 is 0. The van der Waals surface area contributed by atoms with Crippen molar-refractivity contribution < 1.29 is 4.42 Å². The van der Waals surface area contributed by atoms with Crippen molar-refractivity contribution in [3.8, 4) is 0 Å². The zero-order valence-corrected chi connectivity index (χ0v) is 10.9. The Kier molecular flexibility index (Phi) is 3.92. The highest BCUT2D eigenvalue weighted by atomic mass is 16.3. The van der Waals surface area contributed by atoms with Crippen molar-refractivity contribution in [2.45, 2.75) is 32.7 Å². The van der Waals surface area contributed by atoms with Gasteiger partial charge >= 0.3 is 0 Å². The second-order valence-electron chi connectivity index (χ2n) is 4.73. The number of rotatable bonds is 5. The molecule has 96 valence electrons. The molecule has 2 rings (SSSR count). The minimum atomic E-state index is 0.386. The first-order chi connectivity index (χ1) is 8.65. The van der Waals surface area contributed by atoms with Gasteiger partial charge in [-0.25, -0.2) is 0 Å². The van der Waals surface area contributed by atoms with E-state index >= 15 is 0 Å². The van der Waals surface area contributed by atoms with Crippen LogP contribution in [0, 0.1) is 6.92 Å². The van der Waals surface area contributed by atoms with Crippen LogP contribution in [-0.4, -0.2) is 6.04 Å². The van der Waals surface area contributed by atoms with Crippen LogP contribution in [0.15, 0.2) is 41.0 Å². The van der Waals surface area contributed by atoms with Crippen LogP contribution in [0.2, 0.25) is 0 Å². The topological polar surface area (TPSA) is 51.2 Å². The van der Waals surface area contributed by atoms with Crippen LogP contribution in [0.4, 0.5) is 11.4 Å². The summed E-state index contributed by atoms with van der Waals surface area (Å²) in [7, 11) is 0. The molecular weight excluding hydrogens is 224 g/mol. The number of nitrogen functional groups attached to an aromatic ring is 1. The molecule has 18 heavy (non-hydrogen) atoms. The van der Waals surface area contributed by atoms with E-state index in [1.807, 2.05) is 31.2 Å². The van der Waals surface area contributed by atoms with Crippen molar-refractivity contribution in [1.29, 1.82) is 0 Å². The van der Waals surface area contributed by atoms with Crippen molar-refractivity contribution in [2.75, 3.05) is 11.1 Å². The molecule has 1 unspecified atom stereocenters. The van der Waals surface area contributed by atoms with Crippen molar-refractivity contribution in [3.05, 3.63) is 47.9 Å². The molecule has 1 atom stereocenters. The Morgan fingerprint density at radius 2 is 2.17 bits per heavy atom. The molecule has 1 aromatic carbocycles. The molecule has 0 bridgehead atoms. The maximum atomic E-state index is 5.89. The van der Waals surface area contributed by atoms with Gasteiger partial charge in [-0.05, 0) is 50.1 Å². The largest absolute Gasteiger partial charge is 0.469 e. The Bertz CT molecular complexity index is 491. The predicted molar refractivity (Wildman–Crippen MR) is 75.7 cm³/mol. The molecule has 1 aromatic heterocycles. The summed E-state index contributed by atoms with van der Waals surface area (Å²) in [6.07, 6.45) is 3.69. The molecule has 0 fully saturated rings. The highest BCUT2D eigenvalue weighted by Crippen LogP contribution is 2.18. The van der Waals surface area contributed by atoms with Gasteiger partial charge in [0.1, 0.15) is 5.76 Å². The zero-order valence-electron chi connectivity index (χ0n) is 10.9. The molecule has 0 saturated carbocycles. The molecule has 0 radical (unpaired) electrons. The standard InChI is InChI=1S/C15H20N2O/c1-11-5-7-13(10-15(11)16)17-12(2)6-8-14-4-3-9-18-14/h3-5,7,9-10,12,17H,6,8,16H2,1-2H3. The van der Waals surface area contributed by atoms with Crippen LogP contribution in [0.5, 0.6) is 0 Å². The van der Waals surface area contributed by atoms with Crippen LogP contribution in [0.3, 0.4) is 0 Å². The third-order valence-corrected chi connectivity index (χ3v) is 3.10. The predicted octanol–water partition coefficient (Wildman–Crippen LogP) is 3.60. The summed E-state index contributed by atoms with van der Waals surface area (Å²) in [4.78, 5) is 0. The fraction of sp³-hybridized carbons (Fsp3) is 0.333. The Hall–Kier alpha value is -1.90. The highest BCUT2D eigenvalue weighted by molar-refractivity contribution is 5.58. The quantitative estimate of drug-likeness (QED) is 0.790. The molecule has 0 saturated heterocycles. The smallest absolute Gasteiger partial charge is 0.103 e. The van der Waals surface area contributed by atoms with Gasteiger partial charge in [0, 0.05) is 23.8 Å². The Balaban J connectivity index is 1.86. The monoisotopic (exact) mass is 244 g/mol. The molecule has 3 N–H and O–H groups in total. The molecule has 1 heterocycles. The van der Waals surface area contributed by atoms with Crippen LogP contribution >= 0.6 is 0 Å². The van der Waals surface area contributed by atoms with Crippen molar-refractivity contribution in [1.82, 2.24) is 0 Å². The molecule has 0 aliphatic carbocycles. The zero-order chi connectivity index (χ0) is 13.0. The Morgan fingerprint density at radius 3 is 2.83 bits per heavy atom. The minimum absolute atomic E-state index is 0.386. The van der Waals surface area contributed by atoms with Gasteiger partial charge in [-0.3, -0.25) is 0 Å². The number of hydrogen-bond donors (Lipinski definition) is 2. The lowest BCUT2D eigenvalue weighted by Gasteiger charge is -2.15. The molecule has 2 aromatic rings. The molecular formula is C15H20N2O. The number of aryl methyl sites for hydroxylation is 2. The summed E-state index contributed by atoms with van der Waals surface area (Å²) in [6, 6.07) is 10.4. The summed E-state index contributed by atoms with van der Waals surface area (Å²) in [5.41, 5.74) is 8.91. The van der Waals surface area contributed by atoms with E-state index in [2.05, 4.69) is 18.3 Å². The molecule has 0 amide bonds. The average molecular weight is 244 g/mol. The van der Waals surface area contributed by atoms with Gasteiger partial charge in [0.05, 0.1) is 6.26 Å². The third kappa shape index (κ3) is 3.29. The maximum absolute atomic E-state index is 5.89. The van der Waals surface area contributed by atoms with Crippen LogP contribution in [-0.2, 0) is 6.42 Å². The van der Waals surface area contributed by atoms with E-state index < -0.39 is 0 Å². The van der Waals surface area contributed by atoms with E-state index in [-0.39, 0.29) is 0 Å². The second-order valence-corrected chi connectivity index (χ2v) is 4.73. The van der Waals surface area contributed by atoms with Gasteiger partial charge < -0.3 is 15.5 Å². The molecule has 0 aliphatic rings. The van der Waals surface area contributed by atoms with E-state index in [9.17, 15) is 0 Å². The average Bonchev–Trinajstić information content (AvgIpc) is 2.84. The fourth-order valence-corrected chi connectivity index (χ4v) is 1.90. The SMILES string of the molecule is Cc1ccc(NC(C)CCc2ccco2)cc1N. The lowest BCUT2D eigenvalue weighted by molar-refractivity contribution is 0.495. The van der Waals surface area contributed by atoms with E-state index in [0.29, 0.717) is 6.04 Å². The Labute approximate surface area is 108 Å². The normalized spacial score (nSPS) is 12.3. The molecule has 3 heteroatoms. The summed E-state index contributed by atoms with van der Waals surface area (Å²) < 4.78 is 5.32. The third-order valence-electron chi connectivity index (χ3n) is 3.10. The first-order valence-corrected chi connectivity index (χ1v) is 6.30. The lowest BCUT2D eigenvalue weighted by atomic mass is 10.1. The van der Waals surface area contributed by atoms with E-state index in [1.54, 1.807) is 6.26 Å². The molecule has 3 nitrogen and oxygen atoms in total. The minimum Gasteiger partial charge on any atom is -0.469 e. The number of anilines is 2. The van der Waals surface area contributed by atoms with Gasteiger partial charge in [0.15, 0.2) is 0 Å². The number of nitrogens with two attached hydrogens (primary N) is 1. The van der Waals surface area contributed by atoms with E-state index in [0.717, 1.165) is 35.5 Å². The number of furan rings is 1. The van der Waals surface area contributed by atoms with Crippen LogP contribution in [0.1, 0.15) is 24.7 Å². The lowest BCUT2D eigenvalue weighted by Crippen LogP contribution is -2.16. The summed E-state index contributed by atoms with van der Waals surface area (Å²) in [5.74, 6) is 1.03. The van der Waals surface area contributed by atoms with Crippen molar-refractivity contribution in [2.24, 2.45) is 0 Å². The first kappa shape index (κ1) is 12.6. The van der Waals surface area contributed by atoms with Crippen molar-refractivity contribution in [3.63, 3.8) is 0 Å². The van der Waals surface area contributed by atoms with E-state index in [1.165, 1.54) is 0 Å². The summed E-state index contributed by atoms with van der Waals surface area (Å²) in [5, 5.41) is 3.45. The maximum Gasteiger partial charge on any atom is 0.103 e. The second kappa shape index (κ2) is 5.63. The van der Waals surface area contributed by atoms with E-state index in [4.69, 9.17) is 10.2 Å². The van der Waals surface area contributed by atoms with Gasteiger partial charge in [0.2, 0.25) is 0 Å². The Morgan fingerprint density at radius 1 is 1.33 bits per heavy atom. The number of hydrogen-bond acceptors (Lipinski definition) is 3. The number of nitrogens with one attached hydrogen (secondary N) is 1. The van der Waals surface area contributed by atoms with Crippen molar-refractivity contribution >= 4 is 11.4 Å². The van der Waals surface area contributed by atoms with Gasteiger partial charge in [-0.15, -0.1) is 0 Å². The van der Waals surface area contributed by atoms with Gasteiger partial charge in [-0.1, -0.05) is 6.07 Å². The summed E-state index contributed by atoms with van der Waals surface area (Å²) in [6.45, 7) is 4.18. The van der Waals surface area contributed by atoms with Crippen LogP contribution in [0.25, 0.3) is 0 Å². The molecule has 0 aliphatic heterocycles. The number of benzene rings is 1. The van der Waals surface area contributed by atoms with Gasteiger partial charge in [-0.2, -0.15) is 0 Å². The van der Waals surface area contributed by atoms with Crippen LogP contribution < -0.4 is 11.1 Å². The first-order valence-electron chi connectivity index (χ1n) is 6.30. The van der Waals surface area contributed by atoms with Gasteiger partial charge in [0.25, 0.3) is 0 Å². The fourth-order valence-electron chi connectivity index (χ4n) is 1.90.